The second kappa shape index (κ2) is 11.2. The predicted molar refractivity (Wildman–Crippen MR) is 135 cm³/mol. The summed E-state index contributed by atoms with van der Waals surface area (Å²) >= 11 is 0. The monoisotopic (exact) mass is 485 g/mol. The first-order valence-corrected chi connectivity index (χ1v) is 13.6. The Bertz CT molecular complexity index is 1130. The van der Waals surface area contributed by atoms with E-state index in [0.717, 1.165) is 24.8 Å². The van der Waals surface area contributed by atoms with E-state index in [-0.39, 0.29) is 23.3 Å². The van der Waals surface area contributed by atoms with Crippen LogP contribution in [0.1, 0.15) is 69.2 Å². The zero-order valence-corrected chi connectivity index (χ0v) is 21.3. The molecule has 0 spiro atoms. The summed E-state index contributed by atoms with van der Waals surface area (Å²) in [4.78, 5) is 12.1. The number of nitrogens with one attached hydrogen (secondary N) is 1. The number of carbonyl (C=O) groups excluding carboxylic acids is 1. The molecule has 1 heterocycles. The molecule has 3 rings (SSSR count). The van der Waals surface area contributed by atoms with E-state index in [1.165, 1.54) is 13.2 Å². The summed E-state index contributed by atoms with van der Waals surface area (Å²) in [6.07, 6.45) is 6.22. The van der Waals surface area contributed by atoms with Gasteiger partial charge in [-0.2, -0.15) is 0 Å². The maximum atomic E-state index is 13.8. The molecule has 0 aliphatic carbocycles. The summed E-state index contributed by atoms with van der Waals surface area (Å²) in [7, 11) is -2.10. The maximum Gasteiger partial charge on any atom is 0.330 e. The fourth-order valence-corrected chi connectivity index (χ4v) is 6.71. The van der Waals surface area contributed by atoms with E-state index in [0.29, 0.717) is 23.3 Å². The molecule has 34 heavy (non-hydrogen) atoms. The van der Waals surface area contributed by atoms with Crippen molar-refractivity contribution in [2.75, 3.05) is 19.5 Å². The van der Waals surface area contributed by atoms with Gasteiger partial charge in [-0.15, -0.1) is 0 Å². The summed E-state index contributed by atoms with van der Waals surface area (Å²) in [6, 6.07) is 13.0. The topological polar surface area (TPSA) is 81.7 Å². The molecule has 2 aromatic rings. The lowest BCUT2D eigenvalue weighted by Crippen LogP contribution is -2.50. The van der Waals surface area contributed by atoms with Gasteiger partial charge in [-0.1, -0.05) is 57.0 Å². The molecule has 184 valence electrons. The van der Waals surface area contributed by atoms with Crippen molar-refractivity contribution in [2.24, 2.45) is 0 Å². The second-order valence-electron chi connectivity index (χ2n) is 8.70. The largest absolute Gasteiger partial charge is 0.496 e. The van der Waals surface area contributed by atoms with Crippen molar-refractivity contribution in [3.63, 3.8) is 0 Å². The Morgan fingerprint density at radius 2 is 1.91 bits per heavy atom. The normalized spacial score (nSPS) is 21.6. The molecule has 1 aliphatic rings. The lowest BCUT2D eigenvalue weighted by atomic mass is 9.88. The van der Waals surface area contributed by atoms with Crippen LogP contribution >= 0.6 is 0 Å². The number of fused-ring (bicyclic) bond motifs is 1. The highest BCUT2D eigenvalue weighted by Gasteiger charge is 2.42. The van der Waals surface area contributed by atoms with Gasteiger partial charge >= 0.3 is 5.97 Å². The lowest BCUT2D eigenvalue weighted by Gasteiger charge is -2.36. The molecule has 1 aliphatic heterocycles. The number of unbranched alkanes of at least 4 members (excludes halogenated alkanes) is 1. The van der Waals surface area contributed by atoms with Crippen LogP contribution < -0.4 is 10.1 Å². The first kappa shape index (κ1) is 26.0. The Hall–Kier alpha value is -2.64. The molecule has 0 aromatic heterocycles. The minimum absolute atomic E-state index is 0.0141. The van der Waals surface area contributed by atoms with E-state index in [4.69, 9.17) is 9.47 Å². The van der Waals surface area contributed by atoms with E-state index in [9.17, 15) is 13.2 Å². The first-order valence-electron chi connectivity index (χ1n) is 11.9. The SMILES string of the molecule is CCCCC1(CC)CS(=O)(=O)c2cc(C=CC(=O)OCC)c(OC)cc2C(c2ccccc2)N1. The number of hydrogen-bond donors (Lipinski definition) is 1. The zero-order chi connectivity index (χ0) is 24.8. The van der Waals surface area contributed by atoms with Crippen molar-refractivity contribution < 1.29 is 22.7 Å². The first-order chi connectivity index (χ1) is 16.3. The maximum absolute atomic E-state index is 13.8. The third-order valence-electron chi connectivity index (χ3n) is 6.43. The van der Waals surface area contributed by atoms with Gasteiger partial charge in [0.25, 0.3) is 0 Å². The molecule has 6 nitrogen and oxygen atoms in total. The molecule has 2 unspecified atom stereocenters. The Labute approximate surface area is 203 Å². The van der Waals surface area contributed by atoms with Crippen LogP contribution in [0.2, 0.25) is 0 Å². The fourth-order valence-electron chi connectivity index (χ4n) is 4.56. The number of rotatable bonds is 9. The summed E-state index contributed by atoms with van der Waals surface area (Å²) in [5, 5.41) is 3.75. The van der Waals surface area contributed by atoms with Crippen LogP contribution in [0.3, 0.4) is 0 Å². The summed E-state index contributed by atoms with van der Waals surface area (Å²) in [5.41, 5.74) is 1.61. The van der Waals surface area contributed by atoms with Crippen LogP contribution in [0.5, 0.6) is 5.75 Å². The quantitative estimate of drug-likeness (QED) is 0.394. The third kappa shape index (κ3) is 5.70. The van der Waals surface area contributed by atoms with E-state index in [1.807, 2.05) is 37.3 Å². The van der Waals surface area contributed by atoms with Gasteiger partial charge in [0, 0.05) is 17.2 Å². The van der Waals surface area contributed by atoms with Gasteiger partial charge in [-0.05, 0) is 49.1 Å². The molecular weight excluding hydrogens is 450 g/mol. The lowest BCUT2D eigenvalue weighted by molar-refractivity contribution is -0.137. The van der Waals surface area contributed by atoms with Crippen molar-refractivity contribution in [2.45, 2.75) is 62.9 Å². The van der Waals surface area contributed by atoms with E-state index >= 15 is 0 Å². The van der Waals surface area contributed by atoms with Gasteiger partial charge < -0.3 is 9.47 Å². The molecule has 0 amide bonds. The number of methoxy groups -OCH3 is 1. The highest BCUT2D eigenvalue weighted by Crippen LogP contribution is 2.41. The standard InChI is InChI=1S/C27H35NO5S/c1-5-8-16-27(6-2)19-34(30,31)24-17-21(14-15-25(29)33-7-3)23(32-4)18-22(24)26(28-27)20-12-10-9-11-13-20/h9-15,17-18,26,28H,5-8,16,19H2,1-4H3. The Morgan fingerprint density at radius 3 is 2.53 bits per heavy atom. The molecule has 7 heteroatoms. The molecule has 0 saturated heterocycles. The summed E-state index contributed by atoms with van der Waals surface area (Å²) < 4.78 is 38.2. The van der Waals surface area contributed by atoms with E-state index in [2.05, 4.69) is 12.2 Å². The van der Waals surface area contributed by atoms with Crippen LogP contribution in [-0.2, 0) is 19.4 Å². The molecule has 0 saturated carbocycles. The Balaban J connectivity index is 2.23. The van der Waals surface area contributed by atoms with Crippen LogP contribution in [0.4, 0.5) is 0 Å². The summed E-state index contributed by atoms with van der Waals surface area (Å²) in [5.74, 6) is 0.0192. The van der Waals surface area contributed by atoms with Gasteiger partial charge in [0.15, 0.2) is 9.84 Å². The fraction of sp³-hybridized carbons (Fsp3) is 0.444. The Morgan fingerprint density at radius 1 is 1.18 bits per heavy atom. The smallest absolute Gasteiger partial charge is 0.330 e. The minimum Gasteiger partial charge on any atom is -0.496 e. The third-order valence-corrected chi connectivity index (χ3v) is 8.39. The van der Waals surface area contributed by atoms with Gasteiger partial charge in [-0.3, -0.25) is 5.32 Å². The average molecular weight is 486 g/mol. The highest BCUT2D eigenvalue weighted by molar-refractivity contribution is 7.91. The predicted octanol–water partition coefficient (Wildman–Crippen LogP) is 5.08. The van der Waals surface area contributed by atoms with Crippen molar-refractivity contribution in [3.05, 3.63) is 65.2 Å². The number of carbonyl (C=O) groups is 1. The van der Waals surface area contributed by atoms with E-state index in [1.54, 1.807) is 25.1 Å². The van der Waals surface area contributed by atoms with Gasteiger partial charge in [0.05, 0.1) is 30.4 Å². The van der Waals surface area contributed by atoms with Gasteiger partial charge in [0.1, 0.15) is 5.75 Å². The Kier molecular flexibility index (Phi) is 8.55. The molecule has 0 fully saturated rings. The number of hydrogen-bond acceptors (Lipinski definition) is 6. The van der Waals surface area contributed by atoms with Crippen molar-refractivity contribution in [3.8, 4) is 5.75 Å². The van der Waals surface area contributed by atoms with Crippen molar-refractivity contribution in [1.29, 1.82) is 0 Å². The number of benzene rings is 2. The molecule has 2 atom stereocenters. The molecule has 2 aromatic carbocycles. The highest BCUT2D eigenvalue weighted by atomic mass is 32.2. The molecule has 0 bridgehead atoms. The molecule has 1 N–H and O–H groups in total. The van der Waals surface area contributed by atoms with Gasteiger partial charge in [0.2, 0.25) is 0 Å². The second-order valence-corrected chi connectivity index (χ2v) is 10.7. The minimum atomic E-state index is -3.63. The summed E-state index contributed by atoms with van der Waals surface area (Å²) in [6.45, 7) is 6.16. The van der Waals surface area contributed by atoms with Gasteiger partial charge in [-0.25, -0.2) is 13.2 Å². The van der Waals surface area contributed by atoms with Crippen LogP contribution in [0.25, 0.3) is 6.08 Å². The number of ether oxygens (including phenoxy) is 2. The van der Waals surface area contributed by atoms with Crippen molar-refractivity contribution in [1.82, 2.24) is 5.32 Å². The number of esters is 1. The molecular formula is C27H35NO5S. The zero-order valence-electron chi connectivity index (χ0n) is 20.5. The number of sulfone groups is 1. The van der Waals surface area contributed by atoms with Crippen LogP contribution in [0, 0.1) is 0 Å². The van der Waals surface area contributed by atoms with Crippen molar-refractivity contribution >= 4 is 21.9 Å². The average Bonchev–Trinajstić information content (AvgIpc) is 2.93. The van der Waals surface area contributed by atoms with Crippen LogP contribution in [-0.4, -0.2) is 39.4 Å². The van der Waals surface area contributed by atoms with E-state index < -0.39 is 21.3 Å². The van der Waals surface area contributed by atoms with Crippen LogP contribution in [0.15, 0.2) is 53.4 Å². The molecule has 0 radical (unpaired) electrons.